The molecule has 2 rings (SSSR count). The van der Waals surface area contributed by atoms with Crippen LogP contribution in [0.5, 0.6) is 0 Å². The first-order valence-corrected chi connectivity index (χ1v) is 7.38. The van der Waals surface area contributed by atoms with Crippen LogP contribution in [0.3, 0.4) is 0 Å². The Balaban J connectivity index is 0.00000220. The van der Waals surface area contributed by atoms with E-state index in [0.29, 0.717) is 6.54 Å². The molecule has 0 radical (unpaired) electrons. The average Bonchev–Trinajstić information content (AvgIpc) is 2.47. The monoisotopic (exact) mass is 332 g/mol. The van der Waals surface area contributed by atoms with E-state index in [1.165, 1.54) is 5.56 Å². The first-order chi connectivity index (χ1) is 9.65. The molecule has 1 fully saturated rings. The first-order valence-electron chi connectivity index (χ1n) is 6.95. The van der Waals surface area contributed by atoms with Crippen LogP contribution in [-0.2, 0) is 22.6 Å². The Kier molecular flexibility index (Phi) is 8.04. The summed E-state index contributed by atoms with van der Waals surface area (Å²) in [5, 5.41) is 2.31. The van der Waals surface area contributed by atoms with Gasteiger partial charge in [0, 0.05) is 26.2 Å². The molecule has 118 valence electrons. The number of nitrogens with one attached hydrogen (secondary N) is 1. The van der Waals surface area contributed by atoms with Crippen molar-refractivity contribution >= 4 is 29.9 Å². The Hall–Kier alpha value is -0.810. The fourth-order valence-electron chi connectivity index (χ4n) is 2.11. The Bertz CT molecular complexity index is 432. The zero-order valence-corrected chi connectivity index (χ0v) is 13.8. The molecule has 0 aliphatic carbocycles. The lowest BCUT2D eigenvalue weighted by Crippen LogP contribution is -2.35. The number of nitrogens with zero attached hydrogens (tertiary/aromatic N) is 1. The average molecular weight is 333 g/mol. The van der Waals surface area contributed by atoms with Gasteiger partial charge in [0.15, 0.2) is 0 Å². The van der Waals surface area contributed by atoms with Gasteiger partial charge >= 0.3 is 0 Å². The van der Waals surface area contributed by atoms with Crippen molar-refractivity contribution in [2.45, 2.75) is 25.4 Å². The molecule has 1 aliphatic rings. The molecular weight excluding hydrogens is 311 g/mol. The Morgan fingerprint density at radius 2 is 1.86 bits per heavy atom. The van der Waals surface area contributed by atoms with Crippen LogP contribution in [0.2, 0.25) is 0 Å². The normalized spacial score (nSPS) is 16.9. The maximum Gasteiger partial charge on any atom is 0.238 e. The van der Waals surface area contributed by atoms with Crippen LogP contribution in [0.4, 0.5) is 0 Å². The molecule has 0 aromatic heterocycles. The molecule has 21 heavy (non-hydrogen) atoms. The Morgan fingerprint density at radius 1 is 1.29 bits per heavy atom. The molecule has 1 atom stereocenters. The van der Waals surface area contributed by atoms with Crippen LogP contribution in [0.15, 0.2) is 24.3 Å². The van der Waals surface area contributed by atoms with E-state index >= 15 is 0 Å². The molecule has 0 spiro atoms. The number of morpholine rings is 1. The summed E-state index contributed by atoms with van der Waals surface area (Å²) in [6.07, 6.45) is 0. The highest BCUT2D eigenvalue weighted by Crippen LogP contribution is 2.09. The maximum atomic E-state index is 11.4. The summed E-state index contributed by atoms with van der Waals surface area (Å²) in [4.78, 5) is 13.8. The van der Waals surface area contributed by atoms with Gasteiger partial charge in [-0.1, -0.05) is 24.3 Å². The smallest absolute Gasteiger partial charge is 0.238 e. The second kappa shape index (κ2) is 9.26. The highest BCUT2D eigenvalue weighted by molar-refractivity contribution is 6.30. The number of ether oxygens (including phenoxy) is 1. The van der Waals surface area contributed by atoms with Crippen LogP contribution >= 0.6 is 24.0 Å². The van der Waals surface area contributed by atoms with E-state index in [1.54, 1.807) is 6.92 Å². The zero-order chi connectivity index (χ0) is 14.4. The minimum Gasteiger partial charge on any atom is -0.379 e. The van der Waals surface area contributed by atoms with Gasteiger partial charge in [0.2, 0.25) is 5.91 Å². The van der Waals surface area contributed by atoms with Crippen LogP contribution in [0.25, 0.3) is 0 Å². The Morgan fingerprint density at radius 3 is 2.43 bits per heavy atom. The summed E-state index contributed by atoms with van der Waals surface area (Å²) >= 11 is 5.70. The maximum absolute atomic E-state index is 11.4. The number of halogens is 2. The first kappa shape index (κ1) is 18.2. The molecule has 1 heterocycles. The van der Waals surface area contributed by atoms with Gasteiger partial charge in [-0.2, -0.15) is 0 Å². The van der Waals surface area contributed by atoms with Gasteiger partial charge in [-0.3, -0.25) is 9.69 Å². The minimum absolute atomic E-state index is 0. The summed E-state index contributed by atoms with van der Waals surface area (Å²) in [5.74, 6) is -0.135. The minimum atomic E-state index is -0.490. The second-order valence-corrected chi connectivity index (χ2v) is 5.69. The van der Waals surface area contributed by atoms with Crippen LogP contribution in [0.1, 0.15) is 18.1 Å². The summed E-state index contributed by atoms with van der Waals surface area (Å²) in [7, 11) is 0. The van der Waals surface area contributed by atoms with Crippen LogP contribution in [-0.4, -0.2) is 42.5 Å². The van der Waals surface area contributed by atoms with E-state index in [1.807, 2.05) is 0 Å². The molecule has 4 nitrogen and oxygen atoms in total. The molecule has 6 heteroatoms. The number of carbonyl (C=O) groups is 1. The van der Waals surface area contributed by atoms with E-state index in [0.717, 1.165) is 38.4 Å². The molecule has 1 aromatic rings. The van der Waals surface area contributed by atoms with Gasteiger partial charge in [0.1, 0.15) is 5.38 Å². The number of benzene rings is 1. The number of carbonyl (C=O) groups excluding carboxylic acids is 1. The molecule has 1 aliphatic heterocycles. The predicted octanol–water partition coefficient (Wildman–Crippen LogP) is 2.18. The van der Waals surface area contributed by atoms with E-state index in [-0.39, 0.29) is 18.3 Å². The summed E-state index contributed by atoms with van der Waals surface area (Å²) in [5.41, 5.74) is 2.37. The quantitative estimate of drug-likeness (QED) is 0.840. The second-order valence-electron chi connectivity index (χ2n) is 5.04. The fourth-order valence-corrected chi connectivity index (χ4v) is 2.19. The third-order valence-electron chi connectivity index (χ3n) is 3.36. The van der Waals surface area contributed by atoms with Crippen molar-refractivity contribution in [3.8, 4) is 0 Å². The van der Waals surface area contributed by atoms with Gasteiger partial charge in [-0.15, -0.1) is 24.0 Å². The van der Waals surface area contributed by atoms with Crippen molar-refractivity contribution in [1.82, 2.24) is 10.2 Å². The van der Waals surface area contributed by atoms with Gasteiger partial charge in [-0.05, 0) is 18.1 Å². The highest BCUT2D eigenvalue weighted by Gasteiger charge is 2.11. The van der Waals surface area contributed by atoms with Crippen molar-refractivity contribution in [1.29, 1.82) is 0 Å². The molecule has 1 amide bonds. The van der Waals surface area contributed by atoms with Crippen molar-refractivity contribution in [2.24, 2.45) is 0 Å². The third-order valence-corrected chi connectivity index (χ3v) is 3.56. The Labute approximate surface area is 137 Å². The van der Waals surface area contributed by atoms with Gasteiger partial charge in [-0.25, -0.2) is 0 Å². The molecule has 1 N–H and O–H groups in total. The lowest BCUT2D eigenvalue weighted by Gasteiger charge is -2.26. The largest absolute Gasteiger partial charge is 0.379 e. The standard InChI is InChI=1S/C15H21ClN2O2.ClH/c1-12(16)15(19)17-10-13-2-4-14(5-3-13)11-18-6-8-20-9-7-18;/h2-5,12H,6-11H2,1H3,(H,17,19);1H. The van der Waals surface area contributed by atoms with Gasteiger partial charge in [0.05, 0.1) is 13.2 Å². The fraction of sp³-hybridized carbons (Fsp3) is 0.533. The lowest BCUT2D eigenvalue weighted by molar-refractivity contribution is -0.120. The number of amides is 1. The van der Waals surface area contributed by atoms with Crippen LogP contribution in [0, 0.1) is 0 Å². The van der Waals surface area contributed by atoms with Crippen molar-refractivity contribution in [3.05, 3.63) is 35.4 Å². The van der Waals surface area contributed by atoms with E-state index in [2.05, 4.69) is 34.5 Å². The summed E-state index contributed by atoms with van der Waals surface area (Å²) in [6.45, 7) is 6.77. The number of rotatable bonds is 5. The molecule has 0 saturated carbocycles. The van der Waals surface area contributed by atoms with E-state index in [9.17, 15) is 4.79 Å². The highest BCUT2D eigenvalue weighted by atomic mass is 35.5. The summed E-state index contributed by atoms with van der Waals surface area (Å²) in [6, 6.07) is 8.33. The van der Waals surface area contributed by atoms with Gasteiger partial charge < -0.3 is 10.1 Å². The van der Waals surface area contributed by atoms with Crippen molar-refractivity contribution in [2.75, 3.05) is 26.3 Å². The summed E-state index contributed by atoms with van der Waals surface area (Å²) < 4.78 is 5.34. The topological polar surface area (TPSA) is 41.6 Å². The molecule has 0 bridgehead atoms. The zero-order valence-electron chi connectivity index (χ0n) is 12.2. The number of hydrogen-bond acceptors (Lipinski definition) is 3. The van der Waals surface area contributed by atoms with Crippen molar-refractivity contribution in [3.63, 3.8) is 0 Å². The van der Waals surface area contributed by atoms with Crippen molar-refractivity contribution < 1.29 is 9.53 Å². The number of alkyl halides is 1. The molecule has 1 aromatic carbocycles. The van der Waals surface area contributed by atoms with E-state index < -0.39 is 5.38 Å². The SMILES string of the molecule is CC(Cl)C(=O)NCc1ccc(CN2CCOCC2)cc1.Cl. The predicted molar refractivity (Wildman–Crippen MR) is 86.9 cm³/mol. The number of hydrogen-bond donors (Lipinski definition) is 1. The molecule has 1 saturated heterocycles. The third kappa shape index (κ3) is 6.22. The molecular formula is C15H22Cl2N2O2. The molecule has 1 unspecified atom stereocenters. The van der Waals surface area contributed by atoms with Crippen LogP contribution < -0.4 is 5.32 Å². The van der Waals surface area contributed by atoms with Gasteiger partial charge in [0.25, 0.3) is 0 Å². The van der Waals surface area contributed by atoms with E-state index in [4.69, 9.17) is 16.3 Å². The lowest BCUT2D eigenvalue weighted by atomic mass is 10.1.